The highest BCUT2D eigenvalue weighted by Gasteiger charge is 2.20. The average molecular weight is 289 g/mol. The predicted octanol–water partition coefficient (Wildman–Crippen LogP) is 4.70. The first-order chi connectivity index (χ1) is 9.60. The number of hydrogen-bond donors (Lipinski definition) is 1. The summed E-state index contributed by atoms with van der Waals surface area (Å²) in [7, 11) is 0. The van der Waals surface area contributed by atoms with Gasteiger partial charge in [-0.15, -0.1) is 11.8 Å². The van der Waals surface area contributed by atoms with E-state index in [1.807, 2.05) is 12.1 Å². The largest absolute Gasteiger partial charge is 0.326 e. The van der Waals surface area contributed by atoms with Crippen molar-refractivity contribution in [3.05, 3.63) is 65.5 Å². The maximum atomic E-state index is 13.4. The molecule has 0 aliphatic carbocycles. The van der Waals surface area contributed by atoms with E-state index in [-0.39, 0.29) is 17.1 Å². The Labute approximate surface area is 124 Å². The zero-order valence-electron chi connectivity index (χ0n) is 11.8. The standard InChI is InChI=1S/C17H20FNS/c1-3-16(19)17(13-7-5-8-14(18)11-13)20-15-9-4-6-12(2)10-15/h4-11,16-17H,3,19H2,1-2H3. The van der Waals surface area contributed by atoms with Crippen LogP contribution in [0.15, 0.2) is 53.4 Å². The number of aryl methyl sites for hydroxylation is 1. The molecule has 2 rings (SSSR count). The van der Waals surface area contributed by atoms with E-state index in [2.05, 4.69) is 32.0 Å². The van der Waals surface area contributed by atoms with Crippen LogP contribution >= 0.6 is 11.8 Å². The molecule has 0 radical (unpaired) electrons. The van der Waals surface area contributed by atoms with Gasteiger partial charge in [0.25, 0.3) is 0 Å². The fraction of sp³-hybridized carbons (Fsp3) is 0.294. The number of hydrogen-bond acceptors (Lipinski definition) is 2. The van der Waals surface area contributed by atoms with Crippen molar-refractivity contribution in [2.24, 2.45) is 5.73 Å². The molecular formula is C17H20FNS. The van der Waals surface area contributed by atoms with E-state index < -0.39 is 0 Å². The molecule has 20 heavy (non-hydrogen) atoms. The molecule has 0 saturated carbocycles. The molecule has 2 N–H and O–H groups in total. The summed E-state index contributed by atoms with van der Waals surface area (Å²) in [5, 5.41) is 0.0671. The summed E-state index contributed by atoms with van der Waals surface area (Å²) in [6.45, 7) is 4.13. The van der Waals surface area contributed by atoms with Crippen LogP contribution in [-0.4, -0.2) is 6.04 Å². The van der Waals surface area contributed by atoms with E-state index in [0.717, 1.165) is 12.0 Å². The Hall–Kier alpha value is -1.32. The van der Waals surface area contributed by atoms with Crippen molar-refractivity contribution < 1.29 is 4.39 Å². The van der Waals surface area contributed by atoms with Crippen molar-refractivity contribution in [1.82, 2.24) is 0 Å². The van der Waals surface area contributed by atoms with Crippen LogP contribution < -0.4 is 5.73 Å². The van der Waals surface area contributed by atoms with E-state index in [0.29, 0.717) is 0 Å². The molecule has 0 saturated heterocycles. The summed E-state index contributed by atoms with van der Waals surface area (Å²) in [5.74, 6) is -0.208. The van der Waals surface area contributed by atoms with Crippen LogP contribution in [0.25, 0.3) is 0 Å². The lowest BCUT2D eigenvalue weighted by Gasteiger charge is -2.23. The predicted molar refractivity (Wildman–Crippen MR) is 84.4 cm³/mol. The molecule has 2 aromatic rings. The molecule has 0 heterocycles. The molecule has 0 spiro atoms. The topological polar surface area (TPSA) is 26.0 Å². The summed E-state index contributed by atoms with van der Waals surface area (Å²) in [4.78, 5) is 1.17. The van der Waals surface area contributed by atoms with Crippen LogP contribution in [0.1, 0.15) is 29.7 Å². The Balaban J connectivity index is 2.29. The number of halogens is 1. The van der Waals surface area contributed by atoms with Gasteiger partial charge in [0.15, 0.2) is 0 Å². The Kier molecular flexibility index (Phi) is 5.21. The van der Waals surface area contributed by atoms with Gasteiger partial charge in [-0.3, -0.25) is 0 Å². The van der Waals surface area contributed by atoms with E-state index in [1.54, 1.807) is 23.9 Å². The van der Waals surface area contributed by atoms with Crippen molar-refractivity contribution in [3.63, 3.8) is 0 Å². The van der Waals surface area contributed by atoms with E-state index in [9.17, 15) is 4.39 Å². The van der Waals surface area contributed by atoms with Crippen molar-refractivity contribution in [2.75, 3.05) is 0 Å². The van der Waals surface area contributed by atoms with Crippen molar-refractivity contribution in [3.8, 4) is 0 Å². The number of benzene rings is 2. The lowest BCUT2D eigenvalue weighted by Crippen LogP contribution is -2.25. The lowest BCUT2D eigenvalue weighted by atomic mass is 10.0. The zero-order valence-corrected chi connectivity index (χ0v) is 12.7. The highest BCUT2D eigenvalue weighted by molar-refractivity contribution is 7.99. The van der Waals surface area contributed by atoms with Crippen LogP contribution in [-0.2, 0) is 0 Å². The molecule has 3 heteroatoms. The maximum Gasteiger partial charge on any atom is 0.123 e. The van der Waals surface area contributed by atoms with Gasteiger partial charge in [0.05, 0.1) is 0 Å². The quantitative estimate of drug-likeness (QED) is 0.807. The molecule has 0 amide bonds. The monoisotopic (exact) mass is 289 g/mol. The van der Waals surface area contributed by atoms with Gasteiger partial charge in [0.2, 0.25) is 0 Å². The molecule has 0 aromatic heterocycles. The van der Waals surface area contributed by atoms with Crippen molar-refractivity contribution in [1.29, 1.82) is 0 Å². The molecule has 0 fully saturated rings. The fourth-order valence-corrected chi connectivity index (χ4v) is 3.49. The van der Waals surface area contributed by atoms with Gasteiger partial charge in [-0.25, -0.2) is 4.39 Å². The minimum atomic E-state index is -0.208. The van der Waals surface area contributed by atoms with Crippen LogP contribution in [0.2, 0.25) is 0 Å². The Morgan fingerprint density at radius 3 is 2.55 bits per heavy atom. The summed E-state index contributed by atoms with van der Waals surface area (Å²) in [5.41, 5.74) is 8.41. The first-order valence-electron chi connectivity index (χ1n) is 6.84. The molecule has 0 aliphatic heterocycles. The smallest absolute Gasteiger partial charge is 0.123 e. The molecule has 2 atom stereocenters. The third-order valence-electron chi connectivity index (χ3n) is 3.29. The third kappa shape index (κ3) is 3.84. The molecule has 1 nitrogen and oxygen atoms in total. The summed E-state index contributed by atoms with van der Waals surface area (Å²) >= 11 is 1.71. The summed E-state index contributed by atoms with van der Waals surface area (Å²) < 4.78 is 13.4. The van der Waals surface area contributed by atoms with Gasteiger partial charge in [0.1, 0.15) is 5.82 Å². The molecule has 0 aliphatic rings. The SMILES string of the molecule is CCC(N)C(Sc1cccc(C)c1)c1cccc(F)c1. The maximum absolute atomic E-state index is 13.4. The van der Waals surface area contributed by atoms with Crippen molar-refractivity contribution >= 4 is 11.8 Å². The number of nitrogens with two attached hydrogens (primary N) is 1. The van der Waals surface area contributed by atoms with Crippen LogP contribution in [0, 0.1) is 12.7 Å². The Morgan fingerprint density at radius 1 is 1.15 bits per heavy atom. The van der Waals surface area contributed by atoms with Crippen LogP contribution in [0.3, 0.4) is 0 Å². The molecule has 0 bridgehead atoms. The van der Waals surface area contributed by atoms with Crippen molar-refractivity contribution in [2.45, 2.75) is 36.5 Å². The van der Waals surface area contributed by atoms with E-state index in [4.69, 9.17) is 5.73 Å². The first kappa shape index (κ1) is 15.1. The second kappa shape index (κ2) is 6.91. The number of rotatable bonds is 5. The molecule has 2 aromatic carbocycles. The summed E-state index contributed by atoms with van der Waals surface area (Å²) in [6, 6.07) is 15.1. The van der Waals surface area contributed by atoms with Crippen LogP contribution in [0.5, 0.6) is 0 Å². The third-order valence-corrected chi connectivity index (χ3v) is 4.69. The Bertz CT molecular complexity index is 570. The summed E-state index contributed by atoms with van der Waals surface area (Å²) in [6.07, 6.45) is 0.861. The van der Waals surface area contributed by atoms with E-state index in [1.165, 1.54) is 16.5 Å². The number of thioether (sulfide) groups is 1. The fourth-order valence-electron chi connectivity index (χ4n) is 2.14. The second-order valence-corrected chi connectivity index (χ2v) is 6.20. The van der Waals surface area contributed by atoms with Gasteiger partial charge < -0.3 is 5.73 Å². The highest BCUT2D eigenvalue weighted by Crippen LogP contribution is 2.38. The minimum absolute atomic E-state index is 0.00214. The lowest BCUT2D eigenvalue weighted by molar-refractivity contribution is 0.610. The van der Waals surface area contributed by atoms with E-state index >= 15 is 0 Å². The first-order valence-corrected chi connectivity index (χ1v) is 7.72. The van der Waals surface area contributed by atoms with Gasteiger partial charge in [-0.2, -0.15) is 0 Å². The van der Waals surface area contributed by atoms with Gasteiger partial charge in [0, 0.05) is 16.2 Å². The Morgan fingerprint density at radius 2 is 1.90 bits per heavy atom. The van der Waals surface area contributed by atoms with Crippen LogP contribution in [0.4, 0.5) is 4.39 Å². The molecular weight excluding hydrogens is 269 g/mol. The van der Waals surface area contributed by atoms with Gasteiger partial charge in [-0.05, 0) is 43.2 Å². The van der Waals surface area contributed by atoms with Gasteiger partial charge >= 0.3 is 0 Å². The van der Waals surface area contributed by atoms with Gasteiger partial charge in [-0.1, -0.05) is 36.8 Å². The molecule has 106 valence electrons. The molecule has 2 unspecified atom stereocenters. The highest BCUT2D eigenvalue weighted by atomic mass is 32.2. The zero-order chi connectivity index (χ0) is 14.5. The minimum Gasteiger partial charge on any atom is -0.326 e. The average Bonchev–Trinajstić information content (AvgIpc) is 2.44. The normalized spacial score (nSPS) is 14.0. The second-order valence-electron chi connectivity index (χ2n) is 4.98.